The molecule has 43 heavy (non-hydrogen) atoms. The maximum Gasteiger partial charge on any atom is 0.231 e. The Kier molecular flexibility index (Phi) is 10.3. The number of nitrogens with zero attached hydrogens (tertiary/aromatic N) is 6. The first-order chi connectivity index (χ1) is 20.6. The SMILES string of the molecule is C[Si](C)(C)CCOCN(COCC[Si](C)(C)C)c1nc(CN2CCOCC2)cc2c(-c3cnc4ccccc4c3)cnn12. The molecule has 0 N–H and O–H groups in total. The van der Waals surface area contributed by atoms with Crippen molar-refractivity contribution in [3.63, 3.8) is 0 Å². The van der Waals surface area contributed by atoms with Crippen molar-refractivity contribution >= 4 is 38.5 Å². The second-order valence-electron chi connectivity index (χ2n) is 13.9. The van der Waals surface area contributed by atoms with Gasteiger partial charge in [-0.3, -0.25) is 14.8 Å². The number of hydrogen-bond donors (Lipinski definition) is 0. The number of rotatable bonds is 14. The van der Waals surface area contributed by atoms with Crippen LogP contribution in [0.5, 0.6) is 0 Å². The minimum Gasteiger partial charge on any atom is -0.379 e. The Morgan fingerprint density at radius 3 is 2.23 bits per heavy atom. The van der Waals surface area contributed by atoms with E-state index < -0.39 is 16.1 Å². The molecule has 0 unspecified atom stereocenters. The van der Waals surface area contributed by atoms with Crippen LogP contribution in [-0.2, 0) is 20.8 Å². The third-order valence-corrected chi connectivity index (χ3v) is 11.1. The Morgan fingerprint density at radius 2 is 1.56 bits per heavy atom. The summed E-state index contributed by atoms with van der Waals surface area (Å²) in [6.07, 6.45) is 3.87. The summed E-state index contributed by atoms with van der Waals surface area (Å²) in [7, 11) is -2.43. The lowest BCUT2D eigenvalue weighted by molar-refractivity contribution is 0.0336. The van der Waals surface area contributed by atoms with E-state index in [-0.39, 0.29) is 0 Å². The highest BCUT2D eigenvalue weighted by Gasteiger charge is 2.22. The van der Waals surface area contributed by atoms with E-state index in [1.54, 1.807) is 0 Å². The average molecular weight is 621 g/mol. The summed E-state index contributed by atoms with van der Waals surface area (Å²) < 4.78 is 20.1. The molecule has 1 aliphatic rings. The van der Waals surface area contributed by atoms with E-state index in [9.17, 15) is 0 Å². The first-order valence-electron chi connectivity index (χ1n) is 15.5. The van der Waals surface area contributed by atoms with Crippen molar-refractivity contribution in [3.8, 4) is 11.1 Å². The molecule has 1 fully saturated rings. The zero-order valence-corrected chi connectivity index (χ0v) is 28.8. The van der Waals surface area contributed by atoms with Crippen LogP contribution in [0.1, 0.15) is 5.69 Å². The summed E-state index contributed by atoms with van der Waals surface area (Å²) in [6, 6.07) is 14.8. The highest BCUT2D eigenvalue weighted by atomic mass is 28.3. The standard InChI is InChI=1S/C32H48N6O3Si2/c1-42(2,3)17-15-40-24-37(25-41-16-18-43(4,5)6)32-35-28(23-36-11-13-39-14-12-36)20-31-29(22-34-38(31)32)27-19-26-9-7-8-10-30(26)33-21-27/h7-10,19-22H,11-18,23-25H2,1-6H3. The second kappa shape index (κ2) is 14.0. The van der Waals surface area contributed by atoms with Crippen LogP contribution in [0.3, 0.4) is 0 Å². The predicted molar refractivity (Wildman–Crippen MR) is 180 cm³/mol. The van der Waals surface area contributed by atoms with Gasteiger partial charge in [-0.15, -0.1) is 0 Å². The minimum atomic E-state index is -1.22. The van der Waals surface area contributed by atoms with Gasteiger partial charge in [0.15, 0.2) is 0 Å². The molecule has 1 saturated heterocycles. The molecule has 0 spiro atoms. The fourth-order valence-corrected chi connectivity index (χ4v) is 6.51. The van der Waals surface area contributed by atoms with Crippen LogP contribution in [0, 0.1) is 0 Å². The zero-order chi connectivity index (χ0) is 30.5. The topological polar surface area (TPSA) is 77.2 Å². The number of morpholine rings is 1. The Balaban J connectivity index is 1.51. The first kappa shape index (κ1) is 31.7. The van der Waals surface area contributed by atoms with Crippen molar-refractivity contribution in [2.24, 2.45) is 0 Å². The number of pyridine rings is 1. The summed E-state index contributed by atoms with van der Waals surface area (Å²) in [5, 5.41) is 5.98. The monoisotopic (exact) mass is 620 g/mol. The van der Waals surface area contributed by atoms with Gasteiger partial charge in [0.05, 0.1) is 36.1 Å². The highest BCUT2D eigenvalue weighted by molar-refractivity contribution is 6.76. The molecule has 9 nitrogen and oxygen atoms in total. The first-order valence-corrected chi connectivity index (χ1v) is 22.9. The molecule has 4 aromatic rings. The van der Waals surface area contributed by atoms with Crippen molar-refractivity contribution < 1.29 is 14.2 Å². The number of hydrogen-bond acceptors (Lipinski definition) is 8. The largest absolute Gasteiger partial charge is 0.379 e. The molecule has 232 valence electrons. The van der Waals surface area contributed by atoms with Gasteiger partial charge in [0, 0.05) is 71.7 Å². The summed E-state index contributed by atoms with van der Waals surface area (Å²) >= 11 is 0. The minimum absolute atomic E-state index is 0.396. The van der Waals surface area contributed by atoms with Gasteiger partial charge in [0.1, 0.15) is 13.5 Å². The van der Waals surface area contributed by atoms with E-state index >= 15 is 0 Å². The fourth-order valence-electron chi connectivity index (χ4n) is 5.00. The molecule has 0 aliphatic carbocycles. The summed E-state index contributed by atoms with van der Waals surface area (Å²) in [6.45, 7) is 20.5. The van der Waals surface area contributed by atoms with Gasteiger partial charge in [-0.25, -0.2) is 4.98 Å². The van der Waals surface area contributed by atoms with Gasteiger partial charge in [0.2, 0.25) is 5.95 Å². The lowest BCUT2D eigenvalue weighted by Crippen LogP contribution is -2.36. The normalized spacial score (nSPS) is 15.0. The van der Waals surface area contributed by atoms with Crippen LogP contribution in [0.4, 0.5) is 5.95 Å². The van der Waals surface area contributed by atoms with E-state index in [2.05, 4.69) is 73.3 Å². The van der Waals surface area contributed by atoms with Crippen LogP contribution in [0.15, 0.2) is 48.8 Å². The summed E-state index contributed by atoms with van der Waals surface area (Å²) in [5.41, 5.74) is 5.04. The Hall–Kier alpha value is -2.68. The molecule has 3 aromatic heterocycles. The number of ether oxygens (including phenoxy) is 3. The van der Waals surface area contributed by atoms with E-state index in [0.717, 1.165) is 97.3 Å². The van der Waals surface area contributed by atoms with Crippen LogP contribution < -0.4 is 4.90 Å². The molecule has 0 amide bonds. The maximum atomic E-state index is 6.27. The molecule has 0 radical (unpaired) electrons. The molecule has 0 bridgehead atoms. The average Bonchev–Trinajstić information content (AvgIpc) is 3.39. The Labute approximate surface area is 258 Å². The molecule has 0 atom stereocenters. The van der Waals surface area contributed by atoms with Crippen molar-refractivity contribution in [1.82, 2.24) is 24.5 Å². The van der Waals surface area contributed by atoms with Gasteiger partial charge < -0.3 is 14.2 Å². The van der Waals surface area contributed by atoms with Gasteiger partial charge in [-0.05, 0) is 30.3 Å². The van der Waals surface area contributed by atoms with Crippen LogP contribution in [0.25, 0.3) is 27.5 Å². The molecule has 11 heteroatoms. The fraction of sp³-hybridized carbons (Fsp3) is 0.531. The smallest absolute Gasteiger partial charge is 0.231 e. The number of benzene rings is 1. The molecule has 1 aliphatic heterocycles. The number of fused-ring (bicyclic) bond motifs is 2. The lowest BCUT2D eigenvalue weighted by Gasteiger charge is -2.28. The van der Waals surface area contributed by atoms with Crippen LogP contribution in [0.2, 0.25) is 51.4 Å². The van der Waals surface area contributed by atoms with Gasteiger partial charge in [-0.1, -0.05) is 57.5 Å². The number of aromatic nitrogens is 4. The van der Waals surface area contributed by atoms with Gasteiger partial charge in [-0.2, -0.15) is 9.61 Å². The van der Waals surface area contributed by atoms with E-state index in [4.69, 9.17) is 29.3 Å². The Morgan fingerprint density at radius 1 is 0.884 bits per heavy atom. The van der Waals surface area contributed by atoms with Crippen molar-refractivity contribution in [1.29, 1.82) is 0 Å². The quantitative estimate of drug-likeness (QED) is 0.0936. The third-order valence-electron chi connectivity index (χ3n) is 7.70. The van der Waals surface area contributed by atoms with Gasteiger partial charge in [0.25, 0.3) is 0 Å². The third kappa shape index (κ3) is 8.93. The predicted octanol–water partition coefficient (Wildman–Crippen LogP) is 6.21. The lowest BCUT2D eigenvalue weighted by atomic mass is 10.1. The molecular formula is C32H48N6O3Si2. The number of anilines is 1. The van der Waals surface area contributed by atoms with Crippen molar-refractivity contribution in [2.75, 3.05) is 57.9 Å². The zero-order valence-electron chi connectivity index (χ0n) is 26.8. The van der Waals surface area contributed by atoms with E-state index in [1.165, 1.54) is 0 Å². The summed E-state index contributed by atoms with van der Waals surface area (Å²) in [4.78, 5) is 14.4. The van der Waals surface area contributed by atoms with E-state index in [1.807, 2.05) is 29.0 Å². The van der Waals surface area contributed by atoms with Crippen LogP contribution in [-0.4, -0.2) is 93.6 Å². The van der Waals surface area contributed by atoms with E-state index in [0.29, 0.717) is 13.5 Å². The molecular weight excluding hydrogens is 573 g/mol. The van der Waals surface area contributed by atoms with Crippen LogP contribution >= 0.6 is 0 Å². The van der Waals surface area contributed by atoms with Gasteiger partial charge >= 0.3 is 0 Å². The maximum absolute atomic E-state index is 6.27. The summed E-state index contributed by atoms with van der Waals surface area (Å²) in [5.74, 6) is 0.738. The Bertz CT molecular complexity index is 1470. The molecule has 4 heterocycles. The van der Waals surface area contributed by atoms with Crippen molar-refractivity contribution in [3.05, 3.63) is 54.5 Å². The van der Waals surface area contributed by atoms with Crippen molar-refractivity contribution in [2.45, 2.75) is 57.9 Å². The highest BCUT2D eigenvalue weighted by Crippen LogP contribution is 2.30. The molecule has 1 aromatic carbocycles. The second-order valence-corrected chi connectivity index (χ2v) is 25.2. The molecule has 0 saturated carbocycles. The molecule has 5 rings (SSSR count). The number of para-hydroxylation sites is 1.